The first-order valence-corrected chi connectivity index (χ1v) is 3.92. The SMILES string of the molecule is Cc1nc(Cl)cc(Cl)c1CN. The Morgan fingerprint density at radius 1 is 1.55 bits per heavy atom. The highest BCUT2D eigenvalue weighted by Gasteiger charge is 2.04. The first kappa shape index (κ1) is 8.78. The summed E-state index contributed by atoms with van der Waals surface area (Å²) in [7, 11) is 0. The van der Waals surface area contributed by atoms with Crippen molar-refractivity contribution in [3.63, 3.8) is 0 Å². The third-order valence-electron chi connectivity index (χ3n) is 1.45. The molecule has 11 heavy (non-hydrogen) atoms. The van der Waals surface area contributed by atoms with Gasteiger partial charge in [0.25, 0.3) is 0 Å². The molecule has 0 radical (unpaired) electrons. The molecule has 1 aromatic rings. The molecule has 60 valence electrons. The summed E-state index contributed by atoms with van der Waals surface area (Å²) < 4.78 is 0. The van der Waals surface area contributed by atoms with Gasteiger partial charge in [0, 0.05) is 22.8 Å². The van der Waals surface area contributed by atoms with Crippen molar-refractivity contribution in [1.82, 2.24) is 4.98 Å². The van der Waals surface area contributed by atoms with E-state index in [1.54, 1.807) is 6.07 Å². The first-order chi connectivity index (χ1) is 5.15. The van der Waals surface area contributed by atoms with Crippen LogP contribution in [0.2, 0.25) is 10.2 Å². The number of hydrogen-bond acceptors (Lipinski definition) is 2. The van der Waals surface area contributed by atoms with Gasteiger partial charge in [-0.1, -0.05) is 23.2 Å². The lowest BCUT2D eigenvalue weighted by atomic mass is 10.2. The van der Waals surface area contributed by atoms with Crippen LogP contribution >= 0.6 is 23.2 Å². The van der Waals surface area contributed by atoms with E-state index in [0.29, 0.717) is 16.7 Å². The van der Waals surface area contributed by atoms with E-state index in [1.165, 1.54) is 0 Å². The summed E-state index contributed by atoms with van der Waals surface area (Å²) >= 11 is 11.5. The highest BCUT2D eigenvalue weighted by molar-refractivity contribution is 6.34. The maximum atomic E-state index is 5.83. The average Bonchev–Trinajstić information content (AvgIpc) is 1.85. The van der Waals surface area contributed by atoms with Crippen LogP contribution < -0.4 is 5.73 Å². The average molecular weight is 191 g/mol. The summed E-state index contributed by atoms with van der Waals surface area (Å²) in [6.45, 7) is 2.23. The van der Waals surface area contributed by atoms with Crippen LogP contribution in [0.3, 0.4) is 0 Å². The molecular formula is C7H8Cl2N2. The Morgan fingerprint density at radius 3 is 2.64 bits per heavy atom. The highest BCUT2D eigenvalue weighted by Crippen LogP contribution is 2.21. The molecule has 1 aromatic heterocycles. The van der Waals surface area contributed by atoms with Crippen LogP contribution in [-0.2, 0) is 6.54 Å². The molecule has 0 aromatic carbocycles. The molecule has 1 heterocycles. The highest BCUT2D eigenvalue weighted by atomic mass is 35.5. The molecule has 1 rings (SSSR count). The van der Waals surface area contributed by atoms with Crippen LogP contribution in [0.4, 0.5) is 0 Å². The smallest absolute Gasteiger partial charge is 0.130 e. The van der Waals surface area contributed by atoms with Crippen LogP contribution in [0, 0.1) is 6.92 Å². The maximum absolute atomic E-state index is 5.83. The molecule has 0 aliphatic rings. The molecule has 2 N–H and O–H groups in total. The molecule has 0 fully saturated rings. The van der Waals surface area contributed by atoms with E-state index >= 15 is 0 Å². The van der Waals surface area contributed by atoms with Crippen LogP contribution in [0.5, 0.6) is 0 Å². The third-order valence-corrected chi connectivity index (χ3v) is 1.98. The maximum Gasteiger partial charge on any atom is 0.130 e. The minimum atomic E-state index is 0.398. The topological polar surface area (TPSA) is 38.9 Å². The van der Waals surface area contributed by atoms with Crippen LogP contribution in [0.1, 0.15) is 11.3 Å². The fraction of sp³-hybridized carbons (Fsp3) is 0.286. The number of halogens is 2. The zero-order valence-electron chi connectivity index (χ0n) is 6.06. The minimum absolute atomic E-state index is 0.398. The predicted molar refractivity (Wildman–Crippen MR) is 46.9 cm³/mol. The Kier molecular flexibility index (Phi) is 2.71. The van der Waals surface area contributed by atoms with Crippen molar-refractivity contribution in [3.05, 3.63) is 27.5 Å². The summed E-state index contributed by atoms with van der Waals surface area (Å²) in [5, 5.41) is 0.995. The number of pyridine rings is 1. The second-order valence-corrected chi connectivity index (χ2v) is 2.99. The fourth-order valence-electron chi connectivity index (χ4n) is 0.870. The van der Waals surface area contributed by atoms with Gasteiger partial charge in [-0.15, -0.1) is 0 Å². The molecule has 0 saturated carbocycles. The quantitative estimate of drug-likeness (QED) is 0.690. The Hall–Kier alpha value is -0.310. The van der Waals surface area contributed by atoms with E-state index in [0.717, 1.165) is 11.3 Å². The second-order valence-electron chi connectivity index (χ2n) is 2.19. The molecule has 0 unspecified atom stereocenters. The van der Waals surface area contributed by atoms with E-state index < -0.39 is 0 Å². The van der Waals surface area contributed by atoms with Crippen molar-refractivity contribution in [2.75, 3.05) is 0 Å². The van der Waals surface area contributed by atoms with Crippen molar-refractivity contribution in [2.45, 2.75) is 13.5 Å². The summed E-state index contributed by atoms with van der Waals surface area (Å²) in [5.74, 6) is 0. The van der Waals surface area contributed by atoms with Gasteiger partial charge in [-0.05, 0) is 13.0 Å². The number of nitrogens with zero attached hydrogens (tertiary/aromatic N) is 1. The van der Waals surface area contributed by atoms with Crippen molar-refractivity contribution in [3.8, 4) is 0 Å². The number of rotatable bonds is 1. The lowest BCUT2D eigenvalue weighted by Gasteiger charge is -2.04. The Labute approximate surface area is 75.3 Å². The van der Waals surface area contributed by atoms with E-state index in [1.807, 2.05) is 6.92 Å². The van der Waals surface area contributed by atoms with Crippen molar-refractivity contribution >= 4 is 23.2 Å². The zero-order chi connectivity index (χ0) is 8.43. The van der Waals surface area contributed by atoms with Gasteiger partial charge in [0.2, 0.25) is 0 Å². The number of aryl methyl sites for hydroxylation is 1. The van der Waals surface area contributed by atoms with Gasteiger partial charge in [-0.3, -0.25) is 0 Å². The second kappa shape index (κ2) is 3.39. The molecule has 0 atom stereocenters. The molecular weight excluding hydrogens is 183 g/mol. The van der Waals surface area contributed by atoms with E-state index in [-0.39, 0.29) is 0 Å². The van der Waals surface area contributed by atoms with Crippen LogP contribution in [0.15, 0.2) is 6.07 Å². The molecule has 0 bridgehead atoms. The van der Waals surface area contributed by atoms with Crippen molar-refractivity contribution < 1.29 is 0 Å². The number of hydrogen-bond donors (Lipinski definition) is 1. The monoisotopic (exact) mass is 190 g/mol. The molecule has 0 amide bonds. The van der Waals surface area contributed by atoms with Crippen molar-refractivity contribution in [2.24, 2.45) is 5.73 Å². The fourth-order valence-corrected chi connectivity index (χ4v) is 1.48. The van der Waals surface area contributed by atoms with Gasteiger partial charge in [-0.2, -0.15) is 0 Å². The van der Waals surface area contributed by atoms with E-state index in [4.69, 9.17) is 28.9 Å². The predicted octanol–water partition coefficient (Wildman–Crippen LogP) is 2.16. The number of nitrogens with two attached hydrogens (primary N) is 1. The lowest BCUT2D eigenvalue weighted by Crippen LogP contribution is -2.01. The Morgan fingerprint density at radius 2 is 2.18 bits per heavy atom. The molecule has 2 nitrogen and oxygen atoms in total. The Bertz CT molecular complexity index is 250. The molecule has 0 spiro atoms. The Balaban J connectivity index is 3.25. The molecule has 0 aliphatic carbocycles. The van der Waals surface area contributed by atoms with Gasteiger partial charge in [-0.25, -0.2) is 4.98 Å². The lowest BCUT2D eigenvalue weighted by molar-refractivity contribution is 1.01. The molecule has 4 heteroatoms. The standard InChI is InChI=1S/C7H8Cl2N2/c1-4-5(3-10)6(8)2-7(9)11-4/h2H,3,10H2,1H3. The van der Waals surface area contributed by atoms with Crippen LogP contribution in [0.25, 0.3) is 0 Å². The molecule has 0 saturated heterocycles. The van der Waals surface area contributed by atoms with Crippen LogP contribution in [-0.4, -0.2) is 4.98 Å². The molecule has 0 aliphatic heterocycles. The minimum Gasteiger partial charge on any atom is -0.326 e. The summed E-state index contributed by atoms with van der Waals surface area (Å²) in [6.07, 6.45) is 0. The van der Waals surface area contributed by atoms with Gasteiger partial charge in [0.1, 0.15) is 5.15 Å². The van der Waals surface area contributed by atoms with Gasteiger partial charge in [0.15, 0.2) is 0 Å². The van der Waals surface area contributed by atoms with Gasteiger partial charge >= 0.3 is 0 Å². The normalized spacial score (nSPS) is 10.2. The first-order valence-electron chi connectivity index (χ1n) is 3.16. The summed E-state index contributed by atoms with van der Waals surface area (Å²) in [5.41, 5.74) is 7.09. The number of aromatic nitrogens is 1. The van der Waals surface area contributed by atoms with E-state index in [9.17, 15) is 0 Å². The van der Waals surface area contributed by atoms with E-state index in [2.05, 4.69) is 4.98 Å². The van der Waals surface area contributed by atoms with Gasteiger partial charge < -0.3 is 5.73 Å². The zero-order valence-corrected chi connectivity index (χ0v) is 7.58. The third kappa shape index (κ3) is 1.83. The largest absolute Gasteiger partial charge is 0.326 e. The summed E-state index contributed by atoms with van der Waals surface area (Å²) in [6, 6.07) is 1.60. The van der Waals surface area contributed by atoms with Crippen molar-refractivity contribution in [1.29, 1.82) is 0 Å². The summed E-state index contributed by atoms with van der Waals surface area (Å²) in [4.78, 5) is 4.01. The van der Waals surface area contributed by atoms with Gasteiger partial charge in [0.05, 0.1) is 0 Å².